The fourth-order valence-electron chi connectivity index (χ4n) is 3.43. The van der Waals surface area contributed by atoms with Crippen LogP contribution >= 0.6 is 0 Å². The zero-order chi connectivity index (χ0) is 15.9. The molecule has 2 amide bonds. The van der Waals surface area contributed by atoms with Crippen LogP contribution in [0.2, 0.25) is 0 Å². The summed E-state index contributed by atoms with van der Waals surface area (Å²) in [5, 5.41) is 12.0. The first-order chi connectivity index (χ1) is 10.6. The van der Waals surface area contributed by atoms with E-state index in [1.54, 1.807) is 0 Å². The van der Waals surface area contributed by atoms with Crippen LogP contribution in [0.5, 0.6) is 0 Å². The van der Waals surface area contributed by atoms with E-state index in [-0.39, 0.29) is 24.2 Å². The number of carbonyl (C=O) groups excluding carboxylic acids is 2. The number of piperidine rings is 1. The molecule has 1 aliphatic heterocycles. The first-order valence-corrected chi connectivity index (χ1v) is 8.39. The zero-order valence-corrected chi connectivity index (χ0v) is 13.1. The number of hydrogen-bond acceptors (Lipinski definition) is 3. The van der Waals surface area contributed by atoms with Gasteiger partial charge in [-0.3, -0.25) is 9.59 Å². The summed E-state index contributed by atoms with van der Waals surface area (Å²) in [6.07, 6.45) is 7.69. The fourth-order valence-corrected chi connectivity index (χ4v) is 3.43. The van der Waals surface area contributed by atoms with E-state index in [1.165, 1.54) is 11.3 Å². The lowest BCUT2D eigenvalue weighted by molar-refractivity contribution is -0.152. The molecule has 0 unspecified atom stereocenters. The van der Waals surface area contributed by atoms with Crippen molar-refractivity contribution < 1.29 is 19.5 Å². The number of rotatable bonds is 5. The van der Waals surface area contributed by atoms with Crippen LogP contribution in [0.4, 0.5) is 0 Å². The molecule has 1 atom stereocenters. The maximum atomic E-state index is 12.2. The second-order valence-electron chi connectivity index (χ2n) is 6.31. The molecule has 2 aliphatic rings. The largest absolute Gasteiger partial charge is 0.480 e. The highest BCUT2D eigenvalue weighted by molar-refractivity contribution is 5.84. The van der Waals surface area contributed by atoms with Crippen LogP contribution in [-0.2, 0) is 14.4 Å². The van der Waals surface area contributed by atoms with Gasteiger partial charge in [0.25, 0.3) is 0 Å². The molecule has 2 fully saturated rings. The van der Waals surface area contributed by atoms with Gasteiger partial charge in [0.15, 0.2) is 0 Å². The van der Waals surface area contributed by atoms with E-state index >= 15 is 0 Å². The predicted molar refractivity (Wildman–Crippen MR) is 81.2 cm³/mol. The summed E-state index contributed by atoms with van der Waals surface area (Å²) >= 11 is 0. The van der Waals surface area contributed by atoms with E-state index < -0.39 is 12.0 Å². The maximum absolute atomic E-state index is 12.2. The molecule has 0 radical (unpaired) electrons. The lowest BCUT2D eigenvalue weighted by Gasteiger charge is -2.33. The van der Waals surface area contributed by atoms with Gasteiger partial charge in [0, 0.05) is 25.4 Å². The molecular weight excluding hydrogens is 284 g/mol. The van der Waals surface area contributed by atoms with Gasteiger partial charge in [-0.1, -0.05) is 19.3 Å². The maximum Gasteiger partial charge on any atom is 0.326 e. The Morgan fingerprint density at radius 2 is 1.68 bits per heavy atom. The van der Waals surface area contributed by atoms with E-state index in [2.05, 4.69) is 5.32 Å². The Kier molecular flexibility index (Phi) is 6.21. The number of likely N-dealkylation sites (tertiary alicyclic amines) is 1. The summed E-state index contributed by atoms with van der Waals surface area (Å²) in [6, 6.07) is -0.699. The van der Waals surface area contributed by atoms with Crippen molar-refractivity contribution in [2.75, 3.05) is 13.1 Å². The number of nitrogens with zero attached hydrogens (tertiary/aromatic N) is 1. The SMILES string of the molecule is O=C(NCCC(=O)N1CCCC[C@H]1C(=O)O)C1CCCCC1. The number of carboxylic acids is 1. The quantitative estimate of drug-likeness (QED) is 0.806. The molecule has 2 rings (SSSR count). The van der Waals surface area contributed by atoms with Crippen molar-refractivity contribution >= 4 is 17.8 Å². The molecule has 0 aromatic carbocycles. The molecule has 0 bridgehead atoms. The Bertz CT molecular complexity index is 418. The van der Waals surface area contributed by atoms with Crippen LogP contribution in [0.25, 0.3) is 0 Å². The standard InChI is InChI=1S/C16H26N2O4/c19-14(18-11-5-4-8-13(18)16(21)22)9-10-17-15(20)12-6-2-1-3-7-12/h12-13H,1-11H2,(H,17,20)(H,21,22)/t13-/m0/s1. The van der Waals surface area contributed by atoms with Crippen LogP contribution in [0.15, 0.2) is 0 Å². The molecule has 22 heavy (non-hydrogen) atoms. The number of hydrogen-bond donors (Lipinski definition) is 2. The van der Waals surface area contributed by atoms with E-state index in [0.717, 1.165) is 38.5 Å². The summed E-state index contributed by atoms with van der Waals surface area (Å²) < 4.78 is 0. The minimum atomic E-state index is -0.931. The van der Waals surface area contributed by atoms with Gasteiger partial charge < -0.3 is 15.3 Å². The molecule has 0 spiro atoms. The summed E-state index contributed by atoms with van der Waals surface area (Å²) in [7, 11) is 0. The van der Waals surface area contributed by atoms with Gasteiger partial charge in [0.05, 0.1) is 0 Å². The number of amides is 2. The molecule has 124 valence electrons. The van der Waals surface area contributed by atoms with Crippen molar-refractivity contribution in [2.45, 2.75) is 63.8 Å². The topological polar surface area (TPSA) is 86.7 Å². The van der Waals surface area contributed by atoms with Crippen molar-refractivity contribution in [2.24, 2.45) is 5.92 Å². The first-order valence-electron chi connectivity index (χ1n) is 8.39. The molecule has 1 saturated carbocycles. The minimum Gasteiger partial charge on any atom is -0.480 e. The third-order valence-electron chi connectivity index (χ3n) is 4.72. The van der Waals surface area contributed by atoms with E-state index in [4.69, 9.17) is 0 Å². The van der Waals surface area contributed by atoms with Crippen LogP contribution < -0.4 is 5.32 Å². The minimum absolute atomic E-state index is 0.0425. The number of carboxylic acid groups (broad SMARTS) is 1. The van der Waals surface area contributed by atoms with Gasteiger partial charge in [-0.2, -0.15) is 0 Å². The smallest absolute Gasteiger partial charge is 0.326 e. The van der Waals surface area contributed by atoms with Crippen molar-refractivity contribution in [3.05, 3.63) is 0 Å². The summed E-state index contributed by atoms with van der Waals surface area (Å²) in [4.78, 5) is 36.8. The van der Waals surface area contributed by atoms with Gasteiger partial charge in [0.1, 0.15) is 6.04 Å². The van der Waals surface area contributed by atoms with Crippen LogP contribution in [0.3, 0.4) is 0 Å². The average molecular weight is 310 g/mol. The molecule has 2 N–H and O–H groups in total. The van der Waals surface area contributed by atoms with E-state index in [1.807, 2.05) is 0 Å². The van der Waals surface area contributed by atoms with Crippen LogP contribution in [-0.4, -0.2) is 46.9 Å². The normalized spacial score (nSPS) is 23.1. The van der Waals surface area contributed by atoms with Gasteiger partial charge in [-0.25, -0.2) is 4.79 Å². The highest BCUT2D eigenvalue weighted by Gasteiger charge is 2.31. The molecule has 1 saturated heterocycles. The summed E-state index contributed by atoms with van der Waals surface area (Å²) in [5.41, 5.74) is 0. The summed E-state index contributed by atoms with van der Waals surface area (Å²) in [5.74, 6) is -0.970. The Balaban J connectivity index is 1.74. The van der Waals surface area contributed by atoms with E-state index in [0.29, 0.717) is 19.5 Å². The fraction of sp³-hybridized carbons (Fsp3) is 0.812. The third kappa shape index (κ3) is 4.45. The monoisotopic (exact) mass is 310 g/mol. The predicted octanol–water partition coefficient (Wildman–Crippen LogP) is 1.54. The van der Waals surface area contributed by atoms with Crippen LogP contribution in [0.1, 0.15) is 57.8 Å². The highest BCUT2D eigenvalue weighted by Crippen LogP contribution is 2.23. The molecular formula is C16H26N2O4. The first kappa shape index (κ1) is 16.8. The van der Waals surface area contributed by atoms with E-state index in [9.17, 15) is 19.5 Å². The molecule has 6 heteroatoms. The van der Waals surface area contributed by atoms with Gasteiger partial charge in [0.2, 0.25) is 11.8 Å². The Labute approximate surface area is 131 Å². The Morgan fingerprint density at radius 3 is 2.36 bits per heavy atom. The van der Waals surface area contributed by atoms with Crippen molar-refractivity contribution in [3.8, 4) is 0 Å². The number of carbonyl (C=O) groups is 3. The van der Waals surface area contributed by atoms with Crippen molar-refractivity contribution in [1.82, 2.24) is 10.2 Å². The van der Waals surface area contributed by atoms with Crippen molar-refractivity contribution in [1.29, 1.82) is 0 Å². The molecule has 6 nitrogen and oxygen atoms in total. The third-order valence-corrected chi connectivity index (χ3v) is 4.72. The van der Waals surface area contributed by atoms with Gasteiger partial charge in [-0.05, 0) is 32.1 Å². The number of nitrogens with one attached hydrogen (secondary N) is 1. The van der Waals surface area contributed by atoms with Crippen LogP contribution in [0, 0.1) is 5.92 Å². The van der Waals surface area contributed by atoms with Gasteiger partial charge in [-0.15, -0.1) is 0 Å². The lowest BCUT2D eigenvalue weighted by atomic mass is 9.89. The van der Waals surface area contributed by atoms with Crippen molar-refractivity contribution in [3.63, 3.8) is 0 Å². The molecule has 1 aliphatic carbocycles. The molecule has 0 aromatic rings. The lowest BCUT2D eigenvalue weighted by Crippen LogP contribution is -2.48. The Morgan fingerprint density at radius 1 is 1.00 bits per heavy atom. The Hall–Kier alpha value is -1.59. The second-order valence-corrected chi connectivity index (χ2v) is 6.31. The highest BCUT2D eigenvalue weighted by atomic mass is 16.4. The van der Waals surface area contributed by atoms with Gasteiger partial charge >= 0.3 is 5.97 Å². The average Bonchev–Trinajstić information content (AvgIpc) is 2.55. The summed E-state index contributed by atoms with van der Waals surface area (Å²) in [6.45, 7) is 0.809. The second kappa shape index (κ2) is 8.15. The number of aliphatic carboxylic acids is 1. The molecule has 1 heterocycles. The zero-order valence-electron chi connectivity index (χ0n) is 13.1. The molecule has 0 aromatic heterocycles.